The van der Waals surface area contributed by atoms with E-state index in [2.05, 4.69) is 9.97 Å². The Kier molecular flexibility index (Phi) is 3.23. The standard InChI is InChI=1S/C16H14N4O2S/c1-19-7-6-18-16(19)23-13-9-14(21)20(15(13)22)11-3-2-10-4-5-17-12(10)8-11/h2-8,13,17H,9H2,1H3. The number of rotatable bonds is 3. The SMILES string of the molecule is Cn1ccnc1SC1CC(=O)N(c2ccc3cc[nH]c3c2)C1=O. The Bertz CT molecular complexity index is 914. The van der Waals surface area contributed by atoms with Gasteiger partial charge in [-0.15, -0.1) is 0 Å². The maximum Gasteiger partial charge on any atom is 0.247 e. The fourth-order valence-corrected chi connectivity index (χ4v) is 3.77. The number of amides is 2. The van der Waals surface area contributed by atoms with Crippen molar-refractivity contribution < 1.29 is 9.59 Å². The molecule has 0 spiro atoms. The summed E-state index contributed by atoms with van der Waals surface area (Å²) in [6.45, 7) is 0. The molecule has 1 aliphatic rings. The molecule has 2 aromatic heterocycles. The van der Waals surface area contributed by atoms with Crippen LogP contribution in [-0.4, -0.2) is 31.6 Å². The molecule has 1 aromatic carbocycles. The minimum absolute atomic E-state index is 0.174. The van der Waals surface area contributed by atoms with Crippen molar-refractivity contribution in [3.63, 3.8) is 0 Å². The summed E-state index contributed by atoms with van der Waals surface area (Å²) < 4.78 is 1.84. The summed E-state index contributed by atoms with van der Waals surface area (Å²) in [4.78, 5) is 33.6. The molecule has 1 atom stereocenters. The minimum Gasteiger partial charge on any atom is -0.361 e. The van der Waals surface area contributed by atoms with Gasteiger partial charge in [0.1, 0.15) is 5.25 Å². The van der Waals surface area contributed by atoms with E-state index in [1.165, 1.54) is 16.7 Å². The number of aromatic nitrogens is 3. The largest absolute Gasteiger partial charge is 0.361 e. The van der Waals surface area contributed by atoms with Crippen LogP contribution in [0.25, 0.3) is 10.9 Å². The highest BCUT2D eigenvalue weighted by Gasteiger charge is 2.40. The lowest BCUT2D eigenvalue weighted by Gasteiger charge is -2.15. The van der Waals surface area contributed by atoms with Crippen LogP contribution in [0.4, 0.5) is 5.69 Å². The van der Waals surface area contributed by atoms with Crippen molar-refractivity contribution in [2.45, 2.75) is 16.8 Å². The van der Waals surface area contributed by atoms with Crippen LogP contribution in [0.5, 0.6) is 0 Å². The quantitative estimate of drug-likeness (QED) is 0.750. The number of imidazole rings is 1. The van der Waals surface area contributed by atoms with Crippen molar-refractivity contribution in [1.82, 2.24) is 14.5 Å². The Balaban J connectivity index is 1.63. The Morgan fingerprint density at radius 2 is 2.17 bits per heavy atom. The van der Waals surface area contributed by atoms with Crippen LogP contribution in [0.2, 0.25) is 0 Å². The van der Waals surface area contributed by atoms with Crippen LogP contribution in [-0.2, 0) is 16.6 Å². The summed E-state index contributed by atoms with van der Waals surface area (Å²) in [7, 11) is 1.87. The van der Waals surface area contributed by atoms with Gasteiger partial charge >= 0.3 is 0 Å². The second-order valence-electron chi connectivity index (χ2n) is 5.45. The first-order valence-corrected chi connectivity index (χ1v) is 8.09. The van der Waals surface area contributed by atoms with Gasteiger partial charge in [0, 0.05) is 37.6 Å². The number of nitrogens with zero attached hydrogens (tertiary/aromatic N) is 3. The molecule has 6 nitrogen and oxygen atoms in total. The molecule has 23 heavy (non-hydrogen) atoms. The number of nitrogens with one attached hydrogen (secondary N) is 1. The highest BCUT2D eigenvalue weighted by Crippen LogP contribution is 2.33. The number of imide groups is 1. The van der Waals surface area contributed by atoms with E-state index < -0.39 is 5.25 Å². The second kappa shape index (κ2) is 5.27. The van der Waals surface area contributed by atoms with Crippen molar-refractivity contribution in [3.8, 4) is 0 Å². The lowest BCUT2D eigenvalue weighted by atomic mass is 10.2. The summed E-state index contributed by atoms with van der Waals surface area (Å²) in [6, 6.07) is 7.49. The molecule has 1 aliphatic heterocycles. The van der Waals surface area contributed by atoms with Crippen LogP contribution in [0.1, 0.15) is 6.42 Å². The molecule has 4 rings (SSSR count). The third-order valence-corrected chi connectivity index (χ3v) is 5.18. The second-order valence-corrected chi connectivity index (χ2v) is 6.62. The highest BCUT2D eigenvalue weighted by molar-refractivity contribution is 8.00. The third-order valence-electron chi connectivity index (χ3n) is 3.93. The van der Waals surface area contributed by atoms with Crippen LogP contribution < -0.4 is 4.90 Å². The Morgan fingerprint density at radius 1 is 1.30 bits per heavy atom. The Hall–Kier alpha value is -2.54. The number of carbonyl (C=O) groups is 2. The molecule has 1 N–H and O–H groups in total. The number of benzene rings is 1. The molecule has 0 bridgehead atoms. The summed E-state index contributed by atoms with van der Waals surface area (Å²) in [5.74, 6) is -0.360. The molecule has 116 valence electrons. The summed E-state index contributed by atoms with van der Waals surface area (Å²) in [5, 5.41) is 1.35. The van der Waals surface area contributed by atoms with Crippen molar-refractivity contribution in [2.24, 2.45) is 7.05 Å². The van der Waals surface area contributed by atoms with Crippen molar-refractivity contribution in [2.75, 3.05) is 4.90 Å². The highest BCUT2D eigenvalue weighted by atomic mass is 32.2. The van der Waals surface area contributed by atoms with Gasteiger partial charge in [-0.3, -0.25) is 9.59 Å². The smallest absolute Gasteiger partial charge is 0.247 e. The third kappa shape index (κ3) is 2.33. The monoisotopic (exact) mass is 326 g/mol. The number of H-pyrrole nitrogens is 1. The van der Waals surface area contributed by atoms with E-state index in [9.17, 15) is 9.59 Å². The fraction of sp³-hybridized carbons (Fsp3) is 0.188. The van der Waals surface area contributed by atoms with E-state index >= 15 is 0 Å². The van der Waals surface area contributed by atoms with E-state index in [0.29, 0.717) is 5.69 Å². The fourth-order valence-electron chi connectivity index (χ4n) is 2.74. The first kappa shape index (κ1) is 14.1. The molecular weight excluding hydrogens is 312 g/mol. The zero-order valence-electron chi connectivity index (χ0n) is 12.4. The van der Waals surface area contributed by atoms with E-state index in [0.717, 1.165) is 16.1 Å². The van der Waals surface area contributed by atoms with Gasteiger partial charge in [-0.25, -0.2) is 9.88 Å². The van der Waals surface area contributed by atoms with E-state index in [4.69, 9.17) is 0 Å². The number of thioether (sulfide) groups is 1. The Labute approximate surface area is 136 Å². The molecule has 3 heterocycles. The molecule has 1 unspecified atom stereocenters. The number of hydrogen-bond acceptors (Lipinski definition) is 4. The number of aromatic amines is 1. The average molecular weight is 326 g/mol. The molecule has 1 fully saturated rings. The van der Waals surface area contributed by atoms with Gasteiger partial charge in [0.25, 0.3) is 0 Å². The minimum atomic E-state index is -0.428. The van der Waals surface area contributed by atoms with Crippen LogP contribution in [0.15, 0.2) is 48.0 Å². The first-order valence-electron chi connectivity index (χ1n) is 7.21. The number of aryl methyl sites for hydroxylation is 1. The molecule has 0 aliphatic carbocycles. The number of hydrogen-bond donors (Lipinski definition) is 1. The van der Waals surface area contributed by atoms with Crippen molar-refractivity contribution in [3.05, 3.63) is 42.9 Å². The topological polar surface area (TPSA) is 71.0 Å². The predicted molar refractivity (Wildman–Crippen MR) is 88.3 cm³/mol. The van der Waals surface area contributed by atoms with Crippen molar-refractivity contribution >= 4 is 40.2 Å². The normalized spacial score (nSPS) is 18.3. The molecule has 0 saturated carbocycles. The number of fused-ring (bicyclic) bond motifs is 1. The number of anilines is 1. The van der Waals surface area contributed by atoms with Crippen LogP contribution in [0, 0.1) is 0 Å². The van der Waals surface area contributed by atoms with Gasteiger partial charge in [0.2, 0.25) is 11.8 Å². The van der Waals surface area contributed by atoms with Crippen LogP contribution in [0.3, 0.4) is 0 Å². The zero-order chi connectivity index (χ0) is 16.0. The van der Waals surface area contributed by atoms with Gasteiger partial charge < -0.3 is 9.55 Å². The maximum atomic E-state index is 12.7. The van der Waals surface area contributed by atoms with Gasteiger partial charge in [0.05, 0.1) is 5.69 Å². The van der Waals surface area contributed by atoms with Crippen LogP contribution >= 0.6 is 11.8 Å². The van der Waals surface area contributed by atoms with Crippen molar-refractivity contribution in [1.29, 1.82) is 0 Å². The molecule has 2 amide bonds. The van der Waals surface area contributed by atoms with Gasteiger partial charge in [-0.1, -0.05) is 17.8 Å². The zero-order valence-corrected chi connectivity index (χ0v) is 13.2. The van der Waals surface area contributed by atoms with Gasteiger partial charge in [0.15, 0.2) is 5.16 Å². The Morgan fingerprint density at radius 3 is 2.96 bits per heavy atom. The lowest BCUT2D eigenvalue weighted by Crippen LogP contribution is -2.31. The summed E-state index contributed by atoms with van der Waals surface area (Å²) in [6.07, 6.45) is 5.53. The van der Waals surface area contributed by atoms with E-state index in [1.54, 1.807) is 12.3 Å². The van der Waals surface area contributed by atoms with Gasteiger partial charge in [-0.2, -0.15) is 0 Å². The molecule has 0 radical (unpaired) electrons. The lowest BCUT2D eigenvalue weighted by molar-refractivity contribution is -0.121. The average Bonchev–Trinajstić information content (AvgIpc) is 3.21. The van der Waals surface area contributed by atoms with E-state index in [1.807, 2.05) is 42.2 Å². The molecular formula is C16H14N4O2S. The predicted octanol–water partition coefficient (Wildman–Crippen LogP) is 2.33. The number of carbonyl (C=O) groups excluding carboxylic acids is 2. The maximum absolute atomic E-state index is 12.7. The summed E-state index contributed by atoms with van der Waals surface area (Å²) >= 11 is 1.33. The molecule has 1 saturated heterocycles. The first-order chi connectivity index (χ1) is 11.1. The van der Waals surface area contributed by atoms with E-state index in [-0.39, 0.29) is 18.2 Å². The molecule has 7 heteroatoms. The van der Waals surface area contributed by atoms with Gasteiger partial charge in [-0.05, 0) is 23.6 Å². The summed E-state index contributed by atoms with van der Waals surface area (Å²) in [5.41, 5.74) is 1.51. The molecule has 3 aromatic rings.